The molecule has 0 spiro atoms. The van der Waals surface area contributed by atoms with Gasteiger partial charge >= 0.3 is 0 Å². The first-order valence-corrected chi connectivity index (χ1v) is 8.23. The second kappa shape index (κ2) is 6.20. The normalized spacial score (nSPS) is 11.6. The third-order valence-electron chi connectivity index (χ3n) is 2.95. The number of fused-ring (bicyclic) bond motifs is 1. The topological polar surface area (TPSA) is 37.8 Å². The lowest BCUT2D eigenvalue weighted by Gasteiger charge is -2.14. The zero-order valence-corrected chi connectivity index (χ0v) is 14.9. The van der Waals surface area contributed by atoms with Crippen molar-refractivity contribution >= 4 is 73.1 Å². The number of halogens is 4. The van der Waals surface area contributed by atoms with Crippen LogP contribution in [0.4, 0.5) is 11.5 Å². The van der Waals surface area contributed by atoms with Gasteiger partial charge in [-0.1, -0.05) is 68.9 Å². The first kappa shape index (κ1) is 15.8. The third-order valence-corrected chi connectivity index (χ3v) is 3.95. The maximum absolute atomic E-state index is 5.93. The number of nitrogens with zero attached hydrogens (tertiary/aromatic N) is 2. The van der Waals surface area contributed by atoms with Crippen LogP contribution < -0.4 is 5.32 Å². The van der Waals surface area contributed by atoms with E-state index in [1.165, 1.54) is 0 Å². The minimum Gasteiger partial charge on any atom is -0.340 e. The van der Waals surface area contributed by atoms with Crippen LogP contribution >= 0.6 is 50.7 Å². The highest BCUT2D eigenvalue weighted by Crippen LogP contribution is 2.38. The summed E-state index contributed by atoms with van der Waals surface area (Å²) in [4.78, 5) is 8.69. The van der Waals surface area contributed by atoms with Gasteiger partial charge in [-0.2, -0.15) is 0 Å². The Hall–Kier alpha value is -1.07. The summed E-state index contributed by atoms with van der Waals surface area (Å²) in [5.74, 6) is 0.713. The fraction of sp³-hybridized carbons (Fsp3) is 0.0667. The molecule has 0 saturated heterocycles. The van der Waals surface area contributed by atoms with Crippen molar-refractivity contribution in [2.75, 3.05) is 5.32 Å². The number of para-hydroxylation sites is 1. The van der Waals surface area contributed by atoms with E-state index in [-0.39, 0.29) is 5.82 Å². The van der Waals surface area contributed by atoms with Gasteiger partial charge in [-0.3, -0.25) is 0 Å². The van der Waals surface area contributed by atoms with Crippen molar-refractivity contribution in [1.29, 1.82) is 0 Å². The molecule has 112 valence electrons. The largest absolute Gasteiger partial charge is 0.340 e. The van der Waals surface area contributed by atoms with E-state index in [1.54, 1.807) is 0 Å². The average molecular weight is 418 g/mol. The Labute approximate surface area is 150 Å². The van der Waals surface area contributed by atoms with Crippen LogP contribution in [0.2, 0.25) is 0 Å². The summed E-state index contributed by atoms with van der Waals surface area (Å²) < 4.78 is -0.768. The molecule has 0 aliphatic rings. The Morgan fingerprint density at radius 2 is 1.68 bits per heavy atom. The molecular weight excluding hydrogens is 408 g/mol. The van der Waals surface area contributed by atoms with Gasteiger partial charge in [0.25, 0.3) is 0 Å². The molecule has 2 aromatic carbocycles. The second-order valence-corrected chi connectivity index (χ2v) is 7.74. The maximum Gasteiger partial charge on any atom is 0.250 e. The zero-order chi connectivity index (χ0) is 15.7. The highest BCUT2D eigenvalue weighted by atomic mass is 79.9. The van der Waals surface area contributed by atoms with Crippen LogP contribution in [0.15, 0.2) is 53.0 Å². The first-order valence-electron chi connectivity index (χ1n) is 6.30. The van der Waals surface area contributed by atoms with Gasteiger partial charge in [0.1, 0.15) is 5.82 Å². The van der Waals surface area contributed by atoms with Gasteiger partial charge in [0, 0.05) is 15.5 Å². The molecule has 3 rings (SSSR count). The summed E-state index contributed by atoms with van der Waals surface area (Å²) in [6.45, 7) is 0. The van der Waals surface area contributed by atoms with E-state index in [0.29, 0.717) is 11.3 Å². The number of rotatable bonds is 2. The minimum atomic E-state index is -1.69. The van der Waals surface area contributed by atoms with Crippen LogP contribution in [-0.2, 0) is 3.79 Å². The van der Waals surface area contributed by atoms with Gasteiger partial charge in [0.15, 0.2) is 5.82 Å². The quantitative estimate of drug-likeness (QED) is 0.523. The molecule has 0 aliphatic carbocycles. The van der Waals surface area contributed by atoms with E-state index >= 15 is 0 Å². The van der Waals surface area contributed by atoms with Gasteiger partial charge in [0.05, 0.1) is 5.52 Å². The number of alkyl halides is 3. The summed E-state index contributed by atoms with van der Waals surface area (Å²) in [5, 5.41) is 4.07. The highest BCUT2D eigenvalue weighted by Gasteiger charge is 2.28. The minimum absolute atomic E-state index is 0.130. The van der Waals surface area contributed by atoms with Crippen molar-refractivity contribution in [3.8, 4) is 0 Å². The van der Waals surface area contributed by atoms with E-state index in [9.17, 15) is 0 Å². The molecule has 0 aliphatic heterocycles. The molecule has 3 nitrogen and oxygen atoms in total. The second-order valence-electron chi connectivity index (χ2n) is 4.55. The van der Waals surface area contributed by atoms with Gasteiger partial charge in [-0.25, -0.2) is 9.97 Å². The number of hydrogen-bond donors (Lipinski definition) is 1. The van der Waals surface area contributed by atoms with E-state index in [1.807, 2.05) is 48.5 Å². The molecule has 3 aromatic rings. The van der Waals surface area contributed by atoms with E-state index in [4.69, 9.17) is 34.8 Å². The fourth-order valence-corrected chi connectivity index (χ4v) is 2.60. The lowest BCUT2D eigenvalue weighted by Crippen LogP contribution is -2.09. The molecule has 0 atom stereocenters. The van der Waals surface area contributed by atoms with E-state index < -0.39 is 3.79 Å². The summed E-state index contributed by atoms with van der Waals surface area (Å²) in [7, 11) is 0. The predicted octanol–water partition coefficient (Wildman–Crippen LogP) is 5.96. The lowest BCUT2D eigenvalue weighted by atomic mass is 10.2. The number of aromatic nitrogens is 2. The summed E-state index contributed by atoms with van der Waals surface area (Å²) in [6.07, 6.45) is 0. The van der Waals surface area contributed by atoms with Gasteiger partial charge < -0.3 is 5.32 Å². The average Bonchev–Trinajstić information content (AvgIpc) is 2.47. The summed E-state index contributed by atoms with van der Waals surface area (Å²) in [6, 6.07) is 15.3. The van der Waals surface area contributed by atoms with Gasteiger partial charge in [-0.05, 0) is 30.3 Å². The van der Waals surface area contributed by atoms with E-state index in [0.717, 1.165) is 15.5 Å². The van der Waals surface area contributed by atoms with Crippen molar-refractivity contribution in [2.24, 2.45) is 0 Å². The van der Waals surface area contributed by atoms with Crippen LogP contribution in [0.5, 0.6) is 0 Å². The smallest absolute Gasteiger partial charge is 0.250 e. The van der Waals surface area contributed by atoms with E-state index in [2.05, 4.69) is 31.2 Å². The molecule has 1 aromatic heterocycles. The molecule has 0 amide bonds. The maximum atomic E-state index is 5.93. The molecule has 0 radical (unpaired) electrons. The molecule has 1 N–H and O–H groups in total. The number of anilines is 2. The molecule has 0 unspecified atom stereocenters. The molecule has 0 fully saturated rings. The molecule has 1 heterocycles. The van der Waals surface area contributed by atoms with Gasteiger partial charge in [-0.15, -0.1) is 0 Å². The van der Waals surface area contributed by atoms with Crippen molar-refractivity contribution in [3.63, 3.8) is 0 Å². The van der Waals surface area contributed by atoms with Crippen LogP contribution in [0.3, 0.4) is 0 Å². The Morgan fingerprint density at radius 1 is 0.955 bits per heavy atom. The van der Waals surface area contributed by atoms with Crippen molar-refractivity contribution in [1.82, 2.24) is 9.97 Å². The molecule has 0 saturated carbocycles. The first-order chi connectivity index (χ1) is 10.4. The Kier molecular flexibility index (Phi) is 4.46. The summed E-state index contributed by atoms with van der Waals surface area (Å²) >= 11 is 21.3. The number of benzene rings is 2. The molecule has 22 heavy (non-hydrogen) atoms. The SMILES string of the molecule is ClC(Cl)(Cl)c1nc(Nc2ccccc2)c2cc(Br)ccc2n1. The third kappa shape index (κ3) is 3.46. The van der Waals surface area contributed by atoms with Crippen molar-refractivity contribution < 1.29 is 0 Å². The number of nitrogens with one attached hydrogen (secondary N) is 1. The molecular formula is C15H9BrCl3N3. The highest BCUT2D eigenvalue weighted by molar-refractivity contribution is 9.10. The number of hydrogen-bond acceptors (Lipinski definition) is 3. The molecule has 0 bridgehead atoms. The standard InChI is InChI=1S/C15H9BrCl3N3/c16-9-6-7-12-11(8-9)13(20-10-4-2-1-3-5-10)22-14(21-12)15(17,18)19/h1-8H,(H,20,21,22). The lowest BCUT2D eigenvalue weighted by molar-refractivity contribution is 0.999. The zero-order valence-electron chi connectivity index (χ0n) is 11.0. The van der Waals surface area contributed by atoms with Crippen LogP contribution in [-0.4, -0.2) is 9.97 Å². The monoisotopic (exact) mass is 415 g/mol. The summed E-state index contributed by atoms with van der Waals surface area (Å²) in [5.41, 5.74) is 1.58. The molecule has 7 heteroatoms. The van der Waals surface area contributed by atoms with Crippen LogP contribution in [0.1, 0.15) is 5.82 Å². The fourth-order valence-electron chi connectivity index (χ4n) is 1.98. The van der Waals surface area contributed by atoms with Gasteiger partial charge in [0.2, 0.25) is 3.79 Å². The predicted molar refractivity (Wildman–Crippen MR) is 96.2 cm³/mol. The van der Waals surface area contributed by atoms with Crippen molar-refractivity contribution in [2.45, 2.75) is 3.79 Å². The Morgan fingerprint density at radius 3 is 2.36 bits per heavy atom. The van der Waals surface area contributed by atoms with Crippen molar-refractivity contribution in [3.05, 3.63) is 58.8 Å². The Bertz CT molecular complexity index is 819. The van der Waals surface area contributed by atoms with Crippen LogP contribution in [0.25, 0.3) is 10.9 Å². The van der Waals surface area contributed by atoms with Crippen LogP contribution in [0, 0.1) is 0 Å². The Balaban J connectivity index is 2.18.